The minimum atomic E-state index is -0.124. The van der Waals surface area contributed by atoms with Gasteiger partial charge < -0.3 is 15.4 Å². The van der Waals surface area contributed by atoms with E-state index in [-0.39, 0.29) is 12.5 Å². The van der Waals surface area contributed by atoms with Crippen LogP contribution < -0.4 is 15.4 Å². The number of aromatic nitrogens is 2. The van der Waals surface area contributed by atoms with E-state index in [0.29, 0.717) is 17.4 Å². The molecule has 0 aliphatic carbocycles. The van der Waals surface area contributed by atoms with E-state index in [1.807, 2.05) is 0 Å². The molecular weight excluding hydrogens is 172 g/mol. The number of hydrogen-bond acceptors (Lipinski definition) is 5. The third kappa shape index (κ3) is 1.26. The van der Waals surface area contributed by atoms with E-state index < -0.39 is 0 Å². The van der Waals surface area contributed by atoms with E-state index in [1.54, 1.807) is 0 Å². The van der Waals surface area contributed by atoms with Crippen molar-refractivity contribution in [1.82, 2.24) is 9.97 Å². The first kappa shape index (κ1) is 7.78. The Labute approximate surface area is 74.3 Å². The van der Waals surface area contributed by atoms with Crippen molar-refractivity contribution < 1.29 is 9.53 Å². The Bertz CT molecular complexity index is 338. The van der Waals surface area contributed by atoms with Crippen molar-refractivity contribution in [1.29, 1.82) is 0 Å². The zero-order chi connectivity index (χ0) is 9.26. The number of ether oxygens (including phenoxy) is 1. The van der Waals surface area contributed by atoms with Gasteiger partial charge in [-0.2, -0.15) is 4.98 Å². The molecular formula is C7H8N4O2. The number of rotatable bonds is 1. The number of carbonyl (C=O) groups excluding carboxylic acids is 1. The fraction of sp³-hybridized carbons (Fsp3) is 0.286. The molecule has 1 aliphatic rings. The van der Waals surface area contributed by atoms with Crippen LogP contribution in [0, 0.1) is 0 Å². The minimum Gasteiger partial charge on any atom is -0.479 e. The van der Waals surface area contributed by atoms with E-state index in [9.17, 15) is 4.79 Å². The van der Waals surface area contributed by atoms with E-state index >= 15 is 0 Å². The summed E-state index contributed by atoms with van der Waals surface area (Å²) in [6.07, 6.45) is 1.38. The minimum absolute atomic E-state index is 0.124. The Balaban J connectivity index is 2.46. The summed E-state index contributed by atoms with van der Waals surface area (Å²) in [7, 11) is 1.49. The van der Waals surface area contributed by atoms with Gasteiger partial charge in [-0.25, -0.2) is 4.98 Å². The summed E-state index contributed by atoms with van der Waals surface area (Å²) in [4.78, 5) is 18.8. The normalized spacial score (nSPS) is 14.1. The fourth-order valence-corrected chi connectivity index (χ4v) is 1.12. The summed E-state index contributed by atoms with van der Waals surface area (Å²) in [5.41, 5.74) is 0.501. The Morgan fingerprint density at radius 2 is 2.38 bits per heavy atom. The number of hydrogen-bond donors (Lipinski definition) is 2. The molecule has 0 bridgehead atoms. The zero-order valence-electron chi connectivity index (χ0n) is 7.00. The summed E-state index contributed by atoms with van der Waals surface area (Å²) < 4.78 is 4.96. The third-order valence-corrected chi connectivity index (χ3v) is 1.69. The quantitative estimate of drug-likeness (QED) is 0.628. The molecule has 0 unspecified atom stereocenters. The number of nitrogens with one attached hydrogen (secondary N) is 2. The summed E-state index contributed by atoms with van der Waals surface area (Å²) in [6.45, 7) is 0.229. The van der Waals surface area contributed by atoms with Crippen LogP contribution in [0.15, 0.2) is 6.33 Å². The monoisotopic (exact) mass is 180 g/mol. The number of carbonyl (C=O) groups is 1. The van der Waals surface area contributed by atoms with Crippen LogP contribution in [0.25, 0.3) is 0 Å². The highest BCUT2D eigenvalue weighted by atomic mass is 16.5. The third-order valence-electron chi connectivity index (χ3n) is 1.69. The molecule has 1 aliphatic heterocycles. The van der Waals surface area contributed by atoms with Gasteiger partial charge in [0.25, 0.3) is 0 Å². The maximum Gasteiger partial charge on any atom is 0.243 e. The molecule has 6 heteroatoms. The van der Waals surface area contributed by atoms with Crippen molar-refractivity contribution in [3.05, 3.63) is 6.33 Å². The van der Waals surface area contributed by atoms with E-state index in [0.717, 1.165) is 0 Å². The molecule has 1 aromatic rings. The van der Waals surface area contributed by atoms with Crippen LogP contribution >= 0.6 is 0 Å². The standard InChI is InChI=1S/C7H8N4O2/c1-13-7-5-6(9-3-10-7)8-2-4(12)11-5/h3H,2H2,1H3,(H,11,12)(H,8,9,10). The number of anilines is 2. The largest absolute Gasteiger partial charge is 0.479 e. The van der Waals surface area contributed by atoms with Gasteiger partial charge in [0.2, 0.25) is 11.8 Å². The number of amides is 1. The Kier molecular flexibility index (Phi) is 1.73. The molecule has 0 aromatic carbocycles. The topological polar surface area (TPSA) is 76.1 Å². The predicted molar refractivity (Wildman–Crippen MR) is 45.7 cm³/mol. The van der Waals surface area contributed by atoms with Crippen LogP contribution in [0.5, 0.6) is 5.88 Å². The maximum atomic E-state index is 11.0. The number of fused-ring (bicyclic) bond motifs is 1. The lowest BCUT2D eigenvalue weighted by atomic mass is 10.3. The van der Waals surface area contributed by atoms with Gasteiger partial charge in [-0.05, 0) is 0 Å². The second-order valence-corrected chi connectivity index (χ2v) is 2.51. The first-order valence-electron chi connectivity index (χ1n) is 3.74. The van der Waals surface area contributed by atoms with Crippen molar-refractivity contribution in [3.63, 3.8) is 0 Å². The van der Waals surface area contributed by atoms with E-state index in [2.05, 4.69) is 20.6 Å². The van der Waals surface area contributed by atoms with Gasteiger partial charge in [0, 0.05) is 0 Å². The summed E-state index contributed by atoms with van der Waals surface area (Å²) >= 11 is 0. The Hall–Kier alpha value is -1.85. The number of nitrogens with zero attached hydrogens (tertiary/aromatic N) is 2. The van der Waals surface area contributed by atoms with Crippen LogP contribution in [-0.4, -0.2) is 29.5 Å². The lowest BCUT2D eigenvalue weighted by Gasteiger charge is -2.18. The van der Waals surface area contributed by atoms with Crippen molar-refractivity contribution in [2.24, 2.45) is 0 Å². The molecule has 2 heterocycles. The molecule has 0 saturated carbocycles. The SMILES string of the molecule is COc1ncnc2c1NC(=O)CN2. The van der Waals surface area contributed by atoms with Crippen molar-refractivity contribution >= 4 is 17.4 Å². The highest BCUT2D eigenvalue weighted by molar-refractivity contribution is 6.00. The molecule has 2 rings (SSSR count). The van der Waals surface area contributed by atoms with Crippen LogP contribution in [0.4, 0.5) is 11.5 Å². The molecule has 0 spiro atoms. The summed E-state index contributed by atoms with van der Waals surface area (Å²) in [5.74, 6) is 0.831. The van der Waals surface area contributed by atoms with E-state index in [4.69, 9.17) is 4.74 Å². The molecule has 1 aromatic heterocycles. The molecule has 1 amide bonds. The van der Waals surface area contributed by atoms with Crippen molar-refractivity contribution in [3.8, 4) is 5.88 Å². The molecule has 0 atom stereocenters. The molecule has 0 radical (unpaired) electrons. The predicted octanol–water partition coefficient (Wildman–Crippen LogP) is -0.151. The van der Waals surface area contributed by atoms with E-state index in [1.165, 1.54) is 13.4 Å². The van der Waals surface area contributed by atoms with Gasteiger partial charge in [-0.1, -0.05) is 0 Å². The van der Waals surface area contributed by atoms with Gasteiger partial charge in [-0.3, -0.25) is 4.79 Å². The van der Waals surface area contributed by atoms with Crippen molar-refractivity contribution in [2.45, 2.75) is 0 Å². The first-order valence-corrected chi connectivity index (χ1v) is 3.74. The van der Waals surface area contributed by atoms with Gasteiger partial charge in [0.05, 0.1) is 13.7 Å². The van der Waals surface area contributed by atoms with Gasteiger partial charge in [-0.15, -0.1) is 0 Å². The molecule has 68 valence electrons. The second-order valence-electron chi connectivity index (χ2n) is 2.51. The first-order chi connectivity index (χ1) is 6.31. The van der Waals surface area contributed by atoms with Gasteiger partial charge >= 0.3 is 0 Å². The van der Waals surface area contributed by atoms with Crippen LogP contribution in [0.1, 0.15) is 0 Å². The lowest BCUT2D eigenvalue weighted by Crippen LogP contribution is -2.28. The van der Waals surface area contributed by atoms with Gasteiger partial charge in [0.15, 0.2) is 5.82 Å². The molecule has 0 saturated heterocycles. The Morgan fingerprint density at radius 1 is 1.54 bits per heavy atom. The molecule has 0 fully saturated rings. The molecule has 13 heavy (non-hydrogen) atoms. The van der Waals surface area contributed by atoms with Crippen LogP contribution in [0.2, 0.25) is 0 Å². The molecule has 2 N–H and O–H groups in total. The summed E-state index contributed by atoms with van der Waals surface area (Å²) in [6, 6.07) is 0. The lowest BCUT2D eigenvalue weighted by molar-refractivity contribution is -0.114. The average Bonchev–Trinajstić information content (AvgIpc) is 2.17. The average molecular weight is 180 g/mol. The van der Waals surface area contributed by atoms with Crippen molar-refractivity contribution in [2.75, 3.05) is 24.3 Å². The summed E-state index contributed by atoms with van der Waals surface area (Å²) in [5, 5.41) is 5.47. The zero-order valence-corrected chi connectivity index (χ0v) is 7.00. The fourth-order valence-electron chi connectivity index (χ4n) is 1.12. The smallest absolute Gasteiger partial charge is 0.243 e. The number of methoxy groups -OCH3 is 1. The van der Waals surface area contributed by atoms with Crippen LogP contribution in [0.3, 0.4) is 0 Å². The maximum absolute atomic E-state index is 11.0. The van der Waals surface area contributed by atoms with Crippen LogP contribution in [-0.2, 0) is 4.79 Å². The highest BCUT2D eigenvalue weighted by Crippen LogP contribution is 2.29. The Morgan fingerprint density at radius 3 is 3.15 bits per heavy atom. The van der Waals surface area contributed by atoms with Gasteiger partial charge in [0.1, 0.15) is 12.0 Å². The highest BCUT2D eigenvalue weighted by Gasteiger charge is 2.19. The molecule has 6 nitrogen and oxygen atoms in total. The second kappa shape index (κ2) is 2.89.